The van der Waals surface area contributed by atoms with Gasteiger partial charge in [0.2, 0.25) is 0 Å². The van der Waals surface area contributed by atoms with Gasteiger partial charge in [0, 0.05) is 12.6 Å². The number of nitrogens with zero attached hydrogens (tertiary/aromatic N) is 2. The van der Waals surface area contributed by atoms with E-state index >= 15 is 0 Å². The zero-order valence-electron chi connectivity index (χ0n) is 13.0. The van der Waals surface area contributed by atoms with E-state index < -0.39 is 0 Å². The molecule has 1 aromatic heterocycles. The zero-order valence-corrected chi connectivity index (χ0v) is 13.0. The number of nitrogens with one attached hydrogen (secondary N) is 1. The van der Waals surface area contributed by atoms with Crippen molar-refractivity contribution >= 4 is 5.91 Å². The molecule has 5 heteroatoms. The third kappa shape index (κ3) is 4.07. The molecule has 0 bridgehead atoms. The van der Waals surface area contributed by atoms with E-state index in [2.05, 4.69) is 24.3 Å². The molecule has 1 atom stereocenters. The molecule has 0 spiro atoms. The van der Waals surface area contributed by atoms with E-state index in [0.717, 1.165) is 25.0 Å². The highest BCUT2D eigenvalue weighted by atomic mass is 16.3. The maximum Gasteiger partial charge on any atom is 0.269 e. The molecule has 0 aliphatic carbocycles. The summed E-state index contributed by atoms with van der Waals surface area (Å²) in [5.74, 6) is -0.0993. The Balaban J connectivity index is 2.92. The van der Waals surface area contributed by atoms with Gasteiger partial charge in [0.15, 0.2) is 0 Å². The highest BCUT2D eigenvalue weighted by Crippen LogP contribution is 2.18. The third-order valence-corrected chi connectivity index (χ3v) is 3.68. The average molecular weight is 281 g/mol. The van der Waals surface area contributed by atoms with Crippen LogP contribution in [-0.2, 0) is 0 Å². The molecule has 0 saturated heterocycles. The summed E-state index contributed by atoms with van der Waals surface area (Å²) >= 11 is 0. The Morgan fingerprint density at radius 2 is 2.00 bits per heavy atom. The first kappa shape index (κ1) is 16.7. The van der Waals surface area contributed by atoms with Gasteiger partial charge in [-0.1, -0.05) is 20.8 Å². The van der Waals surface area contributed by atoms with Gasteiger partial charge in [-0.05, 0) is 38.7 Å². The fourth-order valence-electron chi connectivity index (χ4n) is 2.39. The van der Waals surface area contributed by atoms with E-state index in [1.807, 2.05) is 24.6 Å². The molecule has 0 radical (unpaired) electrons. The van der Waals surface area contributed by atoms with Gasteiger partial charge in [0.25, 0.3) is 5.91 Å². The number of aliphatic hydroxyl groups excluding tert-OH is 1. The van der Waals surface area contributed by atoms with E-state index in [1.165, 1.54) is 0 Å². The van der Waals surface area contributed by atoms with Crippen molar-refractivity contribution in [2.24, 2.45) is 0 Å². The van der Waals surface area contributed by atoms with Gasteiger partial charge in [0.05, 0.1) is 11.7 Å². The van der Waals surface area contributed by atoms with Crippen LogP contribution in [0.15, 0.2) is 6.07 Å². The first-order chi connectivity index (χ1) is 9.57. The second-order valence-electron chi connectivity index (χ2n) is 5.18. The van der Waals surface area contributed by atoms with E-state index in [4.69, 9.17) is 5.11 Å². The van der Waals surface area contributed by atoms with Crippen LogP contribution in [0.1, 0.15) is 68.7 Å². The van der Waals surface area contributed by atoms with Gasteiger partial charge in [-0.2, -0.15) is 5.10 Å². The molecule has 1 unspecified atom stereocenters. The number of carbonyl (C=O) groups is 1. The number of aliphatic hydroxyl groups is 1. The normalized spacial score (nSPS) is 12.7. The van der Waals surface area contributed by atoms with Crippen molar-refractivity contribution in [1.29, 1.82) is 0 Å². The second-order valence-corrected chi connectivity index (χ2v) is 5.18. The summed E-state index contributed by atoms with van der Waals surface area (Å²) in [6, 6.07) is 2.10. The number of carbonyl (C=O) groups excluding carboxylic acids is 1. The number of hydrogen-bond donors (Lipinski definition) is 2. The van der Waals surface area contributed by atoms with Crippen LogP contribution in [0, 0.1) is 6.92 Å². The standard InChI is InChI=1S/C15H27N3O2/c1-5-12(8-9-19)16-15(20)14-10-11(4)17-18(14)13(6-2)7-3/h10,12-13,19H,5-9H2,1-4H3,(H,16,20). The van der Waals surface area contributed by atoms with Crippen molar-refractivity contribution in [2.75, 3.05) is 6.61 Å². The van der Waals surface area contributed by atoms with Crippen LogP contribution in [0.25, 0.3) is 0 Å². The number of rotatable bonds is 8. The minimum absolute atomic E-state index is 0.0119. The van der Waals surface area contributed by atoms with Gasteiger partial charge in [0.1, 0.15) is 5.69 Å². The first-order valence-electron chi connectivity index (χ1n) is 7.55. The van der Waals surface area contributed by atoms with Crippen LogP contribution in [0.2, 0.25) is 0 Å². The molecule has 5 nitrogen and oxygen atoms in total. The molecule has 2 N–H and O–H groups in total. The van der Waals surface area contributed by atoms with E-state index in [1.54, 1.807) is 0 Å². The van der Waals surface area contributed by atoms with Gasteiger partial charge in [-0.15, -0.1) is 0 Å². The van der Waals surface area contributed by atoms with E-state index in [9.17, 15) is 4.79 Å². The fourth-order valence-corrected chi connectivity index (χ4v) is 2.39. The van der Waals surface area contributed by atoms with E-state index in [0.29, 0.717) is 12.1 Å². The quantitative estimate of drug-likeness (QED) is 0.769. The Kier molecular flexibility index (Phi) is 6.71. The minimum atomic E-state index is -0.0993. The summed E-state index contributed by atoms with van der Waals surface area (Å²) in [6.07, 6.45) is 3.29. The van der Waals surface area contributed by atoms with Crippen molar-refractivity contribution < 1.29 is 9.90 Å². The van der Waals surface area contributed by atoms with Gasteiger partial charge in [-0.25, -0.2) is 0 Å². The smallest absolute Gasteiger partial charge is 0.269 e. The van der Waals surface area contributed by atoms with Crippen molar-refractivity contribution in [2.45, 2.75) is 65.5 Å². The SMILES string of the molecule is CCC(CCO)NC(=O)c1cc(C)nn1C(CC)CC. The Hall–Kier alpha value is -1.36. The van der Waals surface area contributed by atoms with Crippen LogP contribution in [0.3, 0.4) is 0 Å². The van der Waals surface area contributed by atoms with Crippen LogP contribution in [-0.4, -0.2) is 33.4 Å². The summed E-state index contributed by atoms with van der Waals surface area (Å²) in [7, 11) is 0. The molecular formula is C15H27N3O2. The third-order valence-electron chi connectivity index (χ3n) is 3.68. The predicted molar refractivity (Wildman–Crippen MR) is 79.8 cm³/mol. The van der Waals surface area contributed by atoms with Crippen LogP contribution < -0.4 is 5.32 Å². The molecule has 0 aromatic carbocycles. The number of amides is 1. The lowest BCUT2D eigenvalue weighted by Crippen LogP contribution is -2.36. The molecule has 114 valence electrons. The lowest BCUT2D eigenvalue weighted by atomic mass is 10.1. The lowest BCUT2D eigenvalue weighted by molar-refractivity contribution is 0.0915. The average Bonchev–Trinajstić information content (AvgIpc) is 2.81. The van der Waals surface area contributed by atoms with Gasteiger partial charge >= 0.3 is 0 Å². The van der Waals surface area contributed by atoms with Crippen LogP contribution in [0.5, 0.6) is 0 Å². The Bertz CT molecular complexity index is 425. The molecule has 0 saturated carbocycles. The summed E-state index contributed by atoms with van der Waals surface area (Å²) in [5.41, 5.74) is 1.48. The van der Waals surface area contributed by atoms with Gasteiger partial charge < -0.3 is 10.4 Å². The number of aromatic nitrogens is 2. The summed E-state index contributed by atoms with van der Waals surface area (Å²) < 4.78 is 1.84. The lowest BCUT2D eigenvalue weighted by Gasteiger charge is -2.19. The van der Waals surface area contributed by atoms with Crippen molar-refractivity contribution in [3.8, 4) is 0 Å². The monoisotopic (exact) mass is 281 g/mol. The summed E-state index contributed by atoms with van der Waals surface area (Å²) in [6.45, 7) is 8.20. The Morgan fingerprint density at radius 3 is 2.50 bits per heavy atom. The predicted octanol–water partition coefficient (Wildman–Crippen LogP) is 2.44. The Labute approximate surface area is 121 Å². The fraction of sp³-hybridized carbons (Fsp3) is 0.733. The van der Waals surface area contributed by atoms with E-state index in [-0.39, 0.29) is 24.6 Å². The molecule has 1 rings (SSSR count). The topological polar surface area (TPSA) is 67.2 Å². The molecule has 0 fully saturated rings. The second kappa shape index (κ2) is 8.04. The molecule has 0 aliphatic rings. The Morgan fingerprint density at radius 1 is 1.35 bits per heavy atom. The maximum atomic E-state index is 12.4. The van der Waals surface area contributed by atoms with Crippen molar-refractivity contribution in [1.82, 2.24) is 15.1 Å². The van der Waals surface area contributed by atoms with Crippen LogP contribution >= 0.6 is 0 Å². The molecule has 0 aliphatic heterocycles. The highest BCUT2D eigenvalue weighted by Gasteiger charge is 2.20. The molecule has 1 amide bonds. The molecule has 1 aromatic rings. The first-order valence-corrected chi connectivity index (χ1v) is 7.55. The molecule has 20 heavy (non-hydrogen) atoms. The molecular weight excluding hydrogens is 254 g/mol. The zero-order chi connectivity index (χ0) is 15.1. The van der Waals surface area contributed by atoms with Crippen molar-refractivity contribution in [3.05, 3.63) is 17.5 Å². The number of aryl methyl sites for hydroxylation is 1. The van der Waals surface area contributed by atoms with Crippen molar-refractivity contribution in [3.63, 3.8) is 0 Å². The number of hydrogen-bond acceptors (Lipinski definition) is 3. The summed E-state index contributed by atoms with van der Waals surface area (Å²) in [5, 5.41) is 16.4. The summed E-state index contributed by atoms with van der Waals surface area (Å²) in [4.78, 5) is 12.4. The highest BCUT2D eigenvalue weighted by molar-refractivity contribution is 5.92. The maximum absolute atomic E-state index is 12.4. The van der Waals surface area contributed by atoms with Gasteiger partial charge in [-0.3, -0.25) is 9.48 Å². The largest absolute Gasteiger partial charge is 0.396 e. The minimum Gasteiger partial charge on any atom is -0.396 e. The molecule has 1 heterocycles. The van der Waals surface area contributed by atoms with Crippen LogP contribution in [0.4, 0.5) is 0 Å².